The van der Waals surface area contributed by atoms with Gasteiger partial charge in [0, 0.05) is 37.1 Å². The Hall–Kier alpha value is -2.11. The van der Waals surface area contributed by atoms with E-state index in [1.807, 2.05) is 0 Å². The number of sulfone groups is 1. The van der Waals surface area contributed by atoms with Crippen LogP contribution in [0.25, 0.3) is 0 Å². The van der Waals surface area contributed by atoms with E-state index in [1.54, 1.807) is 11.3 Å². The molecule has 0 unspecified atom stereocenters. The van der Waals surface area contributed by atoms with Crippen LogP contribution in [0.5, 0.6) is 0 Å². The van der Waals surface area contributed by atoms with Gasteiger partial charge in [-0.2, -0.15) is 8.78 Å². The van der Waals surface area contributed by atoms with Crippen LogP contribution in [0.1, 0.15) is 10.4 Å². The first kappa shape index (κ1) is 19.6. The Labute approximate surface area is 158 Å². The number of anilines is 1. The van der Waals surface area contributed by atoms with Crippen LogP contribution in [0.2, 0.25) is 0 Å². The molecule has 146 valence electrons. The number of benzene rings is 1. The van der Waals surface area contributed by atoms with E-state index in [9.17, 15) is 27.3 Å². The molecule has 3 rings (SSSR count). The van der Waals surface area contributed by atoms with Crippen molar-refractivity contribution >= 4 is 32.5 Å². The van der Waals surface area contributed by atoms with Gasteiger partial charge in [0.05, 0.1) is 9.82 Å². The molecule has 1 aliphatic heterocycles. The SMILES string of the molecule is O=[N+]([O-])c1cc(S(=O)(=O)C(F)F)ccc1NCCN1CCc2sccc2C1. The average molecular weight is 417 g/mol. The van der Waals surface area contributed by atoms with Gasteiger partial charge in [-0.15, -0.1) is 11.3 Å². The van der Waals surface area contributed by atoms with E-state index in [-0.39, 0.29) is 5.69 Å². The number of nitro benzene ring substituents is 1. The molecule has 0 aliphatic carbocycles. The summed E-state index contributed by atoms with van der Waals surface area (Å²) in [5.74, 6) is -3.63. The molecule has 0 radical (unpaired) electrons. The molecule has 0 bridgehead atoms. The predicted octanol–water partition coefficient (Wildman–Crippen LogP) is 3.12. The molecular weight excluding hydrogens is 400 g/mol. The number of thiophene rings is 1. The van der Waals surface area contributed by atoms with Crippen molar-refractivity contribution < 1.29 is 22.1 Å². The number of hydrogen-bond acceptors (Lipinski definition) is 7. The highest BCUT2D eigenvalue weighted by atomic mass is 32.2. The predicted molar refractivity (Wildman–Crippen MR) is 98.1 cm³/mol. The van der Waals surface area contributed by atoms with Gasteiger partial charge in [-0.25, -0.2) is 8.42 Å². The molecule has 1 aromatic heterocycles. The Morgan fingerprint density at radius 2 is 2.11 bits per heavy atom. The average Bonchev–Trinajstić information content (AvgIpc) is 3.09. The maximum Gasteiger partial charge on any atom is 0.341 e. The number of nitro groups is 1. The lowest BCUT2D eigenvalue weighted by atomic mass is 10.1. The number of alkyl halides is 2. The van der Waals surface area contributed by atoms with Crippen molar-refractivity contribution in [3.63, 3.8) is 0 Å². The molecule has 2 aromatic rings. The first-order valence-corrected chi connectivity index (χ1v) is 10.5. The molecule has 27 heavy (non-hydrogen) atoms. The number of nitrogens with one attached hydrogen (secondary N) is 1. The third kappa shape index (κ3) is 4.25. The van der Waals surface area contributed by atoms with Gasteiger partial charge in [0.1, 0.15) is 5.69 Å². The van der Waals surface area contributed by atoms with Gasteiger partial charge in [-0.3, -0.25) is 15.0 Å². The summed E-state index contributed by atoms with van der Waals surface area (Å²) in [6.07, 6.45) is 0.966. The third-order valence-corrected chi connectivity index (χ3v) is 6.76. The highest BCUT2D eigenvalue weighted by Crippen LogP contribution is 2.30. The normalized spacial score (nSPS) is 14.9. The fraction of sp³-hybridized carbons (Fsp3) is 0.375. The fourth-order valence-corrected chi connectivity index (χ4v) is 4.57. The van der Waals surface area contributed by atoms with Crippen LogP contribution in [0, 0.1) is 10.1 Å². The number of nitrogens with zero attached hydrogens (tertiary/aromatic N) is 2. The largest absolute Gasteiger partial charge is 0.378 e. The maximum absolute atomic E-state index is 12.6. The topological polar surface area (TPSA) is 92.5 Å². The second-order valence-corrected chi connectivity index (χ2v) is 8.98. The van der Waals surface area contributed by atoms with Crippen LogP contribution in [0.4, 0.5) is 20.2 Å². The molecule has 2 heterocycles. The van der Waals surface area contributed by atoms with E-state index in [0.717, 1.165) is 31.6 Å². The molecule has 0 amide bonds. The van der Waals surface area contributed by atoms with E-state index in [1.165, 1.54) is 10.4 Å². The van der Waals surface area contributed by atoms with Crippen molar-refractivity contribution in [3.05, 3.63) is 50.2 Å². The van der Waals surface area contributed by atoms with Crippen molar-refractivity contribution in [2.75, 3.05) is 25.0 Å². The summed E-state index contributed by atoms with van der Waals surface area (Å²) in [6, 6.07) is 4.87. The Morgan fingerprint density at radius 1 is 1.33 bits per heavy atom. The summed E-state index contributed by atoms with van der Waals surface area (Å²) in [5, 5.41) is 16.2. The second kappa shape index (κ2) is 7.87. The lowest BCUT2D eigenvalue weighted by Crippen LogP contribution is -2.33. The van der Waals surface area contributed by atoms with Crippen molar-refractivity contribution in [1.82, 2.24) is 4.90 Å². The fourth-order valence-electron chi connectivity index (χ4n) is 2.94. The highest BCUT2D eigenvalue weighted by molar-refractivity contribution is 7.91. The minimum Gasteiger partial charge on any atom is -0.378 e. The second-order valence-electron chi connectivity index (χ2n) is 6.06. The summed E-state index contributed by atoms with van der Waals surface area (Å²) in [6.45, 7) is 2.75. The Morgan fingerprint density at radius 3 is 2.81 bits per heavy atom. The minimum absolute atomic E-state index is 0.0986. The molecular formula is C16H17F2N3O4S2. The van der Waals surface area contributed by atoms with Gasteiger partial charge in [-0.05, 0) is 35.6 Å². The molecule has 0 saturated carbocycles. The molecule has 1 aliphatic rings. The lowest BCUT2D eigenvalue weighted by Gasteiger charge is -2.26. The smallest absolute Gasteiger partial charge is 0.341 e. The Balaban J connectivity index is 1.67. The third-order valence-electron chi connectivity index (χ3n) is 4.36. The maximum atomic E-state index is 12.6. The lowest BCUT2D eigenvalue weighted by molar-refractivity contribution is -0.384. The highest BCUT2D eigenvalue weighted by Gasteiger charge is 2.29. The number of rotatable bonds is 7. The molecule has 11 heteroatoms. The zero-order valence-corrected chi connectivity index (χ0v) is 15.7. The Kier molecular flexibility index (Phi) is 5.72. The Bertz CT molecular complexity index is 947. The van der Waals surface area contributed by atoms with Crippen LogP contribution < -0.4 is 5.32 Å². The monoisotopic (exact) mass is 417 g/mol. The van der Waals surface area contributed by atoms with Crippen LogP contribution in [0.15, 0.2) is 34.5 Å². The minimum atomic E-state index is -4.88. The molecule has 7 nitrogen and oxygen atoms in total. The van der Waals surface area contributed by atoms with Gasteiger partial charge in [0.25, 0.3) is 5.69 Å². The molecule has 0 atom stereocenters. The number of hydrogen-bond donors (Lipinski definition) is 1. The summed E-state index contributed by atoms with van der Waals surface area (Å²) < 4.78 is 48.3. The van der Waals surface area contributed by atoms with Crippen molar-refractivity contribution in [1.29, 1.82) is 0 Å². The van der Waals surface area contributed by atoms with Crippen molar-refractivity contribution in [3.8, 4) is 0 Å². The molecule has 0 spiro atoms. The van der Waals surface area contributed by atoms with Gasteiger partial charge < -0.3 is 5.32 Å². The summed E-state index contributed by atoms with van der Waals surface area (Å²) in [7, 11) is -4.88. The zero-order valence-electron chi connectivity index (χ0n) is 14.1. The molecule has 0 fully saturated rings. The quantitative estimate of drug-likeness (QED) is 0.550. The van der Waals surface area contributed by atoms with Crippen LogP contribution in [-0.4, -0.2) is 43.6 Å². The van der Waals surface area contributed by atoms with E-state index >= 15 is 0 Å². The molecule has 1 N–H and O–H groups in total. The van der Waals surface area contributed by atoms with E-state index in [4.69, 9.17) is 0 Å². The van der Waals surface area contributed by atoms with Gasteiger partial charge in [0.15, 0.2) is 0 Å². The van der Waals surface area contributed by atoms with Gasteiger partial charge >= 0.3 is 5.76 Å². The summed E-state index contributed by atoms with van der Waals surface area (Å²) >= 11 is 1.74. The van der Waals surface area contributed by atoms with Crippen LogP contribution >= 0.6 is 11.3 Å². The van der Waals surface area contributed by atoms with Crippen molar-refractivity contribution in [2.45, 2.75) is 23.6 Å². The first-order valence-electron chi connectivity index (χ1n) is 8.11. The van der Waals surface area contributed by atoms with Gasteiger partial charge in [0.2, 0.25) is 9.84 Å². The van der Waals surface area contributed by atoms with E-state index < -0.39 is 31.1 Å². The van der Waals surface area contributed by atoms with Crippen LogP contribution in [-0.2, 0) is 22.8 Å². The summed E-state index contributed by atoms with van der Waals surface area (Å²) in [4.78, 5) is 13.3. The van der Waals surface area contributed by atoms with Crippen molar-refractivity contribution in [2.24, 2.45) is 0 Å². The van der Waals surface area contributed by atoms with E-state index in [2.05, 4.69) is 21.7 Å². The van der Waals surface area contributed by atoms with E-state index in [0.29, 0.717) is 19.2 Å². The van der Waals surface area contributed by atoms with Gasteiger partial charge in [-0.1, -0.05) is 0 Å². The molecule has 1 aromatic carbocycles. The molecule has 0 saturated heterocycles. The number of halogens is 2. The zero-order chi connectivity index (χ0) is 19.6. The first-order chi connectivity index (χ1) is 12.8. The number of fused-ring (bicyclic) bond motifs is 1. The standard InChI is InChI=1S/C16H17F2N3O4S2/c17-16(18)27(24,25)12-1-2-13(14(9-12)21(22)23)19-5-7-20-6-3-15-11(10-20)4-8-26-15/h1-2,4,8-9,16,19H,3,5-7,10H2. The van der Waals surface area contributed by atoms with Crippen LogP contribution in [0.3, 0.4) is 0 Å². The summed E-state index contributed by atoms with van der Waals surface area (Å²) in [5.41, 5.74) is 0.843.